The molecule has 64 valence electrons. The van der Waals surface area contributed by atoms with Crippen molar-refractivity contribution in [2.45, 2.75) is 13.0 Å². The molecule has 0 N–H and O–H groups in total. The van der Waals surface area contributed by atoms with Crippen LogP contribution in [0.2, 0.25) is 0 Å². The molecule has 0 aromatic heterocycles. The first kappa shape index (κ1) is 12.1. The van der Waals surface area contributed by atoms with Crippen molar-refractivity contribution in [3.63, 3.8) is 0 Å². The molecule has 0 aromatic rings. The summed E-state index contributed by atoms with van der Waals surface area (Å²) < 4.78 is 5.02. The summed E-state index contributed by atoms with van der Waals surface area (Å²) in [5.41, 5.74) is 0. The number of methoxy groups -OCH3 is 1. The summed E-state index contributed by atoms with van der Waals surface area (Å²) in [5.74, 6) is 1.63. The van der Waals surface area contributed by atoms with Gasteiger partial charge in [-0.15, -0.1) is 0 Å². The molecule has 1 atom stereocenters. The molecule has 0 fully saturated rings. The fraction of sp³-hybridized carbons (Fsp3) is 0.600. The quantitative estimate of drug-likeness (QED) is 0.586. The van der Waals surface area contributed by atoms with Crippen LogP contribution in [0.3, 0.4) is 0 Å². The van der Waals surface area contributed by atoms with Gasteiger partial charge in [-0.25, -0.2) is 0 Å². The van der Waals surface area contributed by atoms with Crippen LogP contribution in [0.15, 0.2) is 3.59 Å². The molecular formula is C5H7Cl3O2Sn. The van der Waals surface area contributed by atoms with Crippen molar-refractivity contribution in [2.75, 3.05) is 7.11 Å². The molecule has 6 heteroatoms. The Labute approximate surface area is 80.5 Å². The van der Waals surface area contributed by atoms with E-state index in [-0.39, 0.29) is 3.59 Å². The zero-order valence-electron chi connectivity index (χ0n) is 6.03. The average Bonchev–Trinajstić information content (AvgIpc) is 1.86. The van der Waals surface area contributed by atoms with Crippen molar-refractivity contribution in [3.05, 3.63) is 3.59 Å². The molecule has 0 saturated carbocycles. The molecule has 0 spiro atoms. The number of rotatable bonds is 3. The summed E-state index contributed by atoms with van der Waals surface area (Å²) in [4.78, 5) is 10.3. The van der Waals surface area contributed by atoms with Crippen molar-refractivity contribution < 1.29 is 9.53 Å². The van der Waals surface area contributed by atoms with E-state index >= 15 is 0 Å². The van der Waals surface area contributed by atoms with Crippen LogP contribution in [-0.2, 0) is 9.53 Å². The molecular weight excluding hydrogens is 317 g/mol. The van der Waals surface area contributed by atoms with E-state index in [9.17, 15) is 4.79 Å². The van der Waals surface area contributed by atoms with E-state index in [4.69, 9.17) is 31.5 Å². The Morgan fingerprint density at radius 1 is 1.55 bits per heavy atom. The van der Waals surface area contributed by atoms with Crippen molar-refractivity contribution >= 4 is 47.7 Å². The van der Waals surface area contributed by atoms with Gasteiger partial charge in [0.05, 0.1) is 0 Å². The molecule has 1 unspecified atom stereocenters. The minimum absolute atomic E-state index is 0.187. The summed E-state index contributed by atoms with van der Waals surface area (Å²) in [6, 6.07) is 0. The van der Waals surface area contributed by atoms with E-state index < -0.39 is 21.1 Å². The molecule has 0 rings (SSSR count). The minimum atomic E-state index is -3.78. The molecule has 11 heavy (non-hydrogen) atoms. The van der Waals surface area contributed by atoms with Gasteiger partial charge in [-0.1, -0.05) is 0 Å². The summed E-state index contributed by atoms with van der Waals surface area (Å²) in [6.45, 7) is 1.65. The average molecular weight is 324 g/mol. The third-order valence-corrected chi connectivity index (χ3v) is 8.47. The van der Waals surface area contributed by atoms with Gasteiger partial charge in [-0.2, -0.15) is 0 Å². The van der Waals surface area contributed by atoms with Crippen LogP contribution in [0.4, 0.5) is 0 Å². The zero-order chi connectivity index (χ0) is 9.07. The maximum absolute atomic E-state index is 10.3. The molecule has 0 aliphatic heterocycles. The molecule has 0 aliphatic rings. The van der Waals surface area contributed by atoms with Gasteiger partial charge in [0, 0.05) is 0 Å². The van der Waals surface area contributed by atoms with E-state index in [1.807, 2.05) is 0 Å². The Balaban J connectivity index is 4.58. The van der Waals surface area contributed by atoms with E-state index in [2.05, 4.69) is 0 Å². The molecule has 0 bridgehead atoms. The molecule has 0 saturated heterocycles. The van der Waals surface area contributed by atoms with E-state index in [1.165, 1.54) is 7.11 Å². The Morgan fingerprint density at radius 2 is 2.00 bits per heavy atom. The van der Waals surface area contributed by atoms with E-state index in [0.717, 1.165) is 0 Å². The molecule has 2 nitrogen and oxygen atoms in total. The van der Waals surface area contributed by atoms with Gasteiger partial charge in [0.2, 0.25) is 0 Å². The first-order valence-electron chi connectivity index (χ1n) is 2.78. The molecule has 0 heterocycles. The second kappa shape index (κ2) is 4.95. The summed E-state index contributed by atoms with van der Waals surface area (Å²) in [7, 11) is 18.4. The second-order valence-corrected chi connectivity index (χ2v) is 21.6. The van der Waals surface area contributed by atoms with E-state index in [0.29, 0.717) is 0 Å². The molecule has 0 aromatic carbocycles. The summed E-state index contributed by atoms with van der Waals surface area (Å²) in [5, 5.41) is 0. The maximum atomic E-state index is 10.3. The van der Waals surface area contributed by atoms with Gasteiger partial charge >= 0.3 is 81.0 Å². The third-order valence-electron chi connectivity index (χ3n) is 1.18. The second-order valence-electron chi connectivity index (χ2n) is 1.89. The number of halogens is 3. The van der Waals surface area contributed by atoms with Gasteiger partial charge in [0.1, 0.15) is 0 Å². The predicted octanol–water partition coefficient (Wildman–Crippen LogP) is 1.97. The normalized spacial score (nSPS) is 13.9. The van der Waals surface area contributed by atoms with Crippen molar-refractivity contribution in [1.29, 1.82) is 0 Å². The van der Waals surface area contributed by atoms with Crippen LogP contribution in [0, 0.1) is 0 Å². The third kappa shape index (κ3) is 4.02. The first-order valence-corrected chi connectivity index (χ1v) is 15.1. The molecule has 0 aliphatic carbocycles. The zero-order valence-corrected chi connectivity index (χ0v) is 11.1. The number of hydrogen-bond acceptors (Lipinski definition) is 2. The molecule has 0 radical (unpaired) electrons. The van der Waals surface area contributed by atoms with Crippen LogP contribution in [0.5, 0.6) is 0 Å². The fourth-order valence-electron chi connectivity index (χ4n) is 0.489. The predicted molar refractivity (Wildman–Crippen MR) is 49.0 cm³/mol. The topological polar surface area (TPSA) is 26.3 Å². The Hall–Kier alpha value is 1.08. The first-order chi connectivity index (χ1) is 4.93. The standard InChI is InChI=1S/C5H7O2.3ClH.Sn/c1-5(7-2)3-4-6;;;;/h5H,1-2H3;3*1H;/q;;;;+3/p-3. The number of hydrogen-bond donors (Lipinski definition) is 0. The Morgan fingerprint density at radius 3 is 2.09 bits per heavy atom. The molecule has 0 amide bonds. The van der Waals surface area contributed by atoms with Gasteiger partial charge in [0.15, 0.2) is 0 Å². The van der Waals surface area contributed by atoms with Crippen LogP contribution in [0.25, 0.3) is 0 Å². The Bertz CT molecular complexity index is 183. The van der Waals surface area contributed by atoms with Gasteiger partial charge in [0.25, 0.3) is 0 Å². The summed E-state index contributed by atoms with van der Waals surface area (Å²) in [6.07, 6.45) is -0.434. The summed E-state index contributed by atoms with van der Waals surface area (Å²) >= 11 is -3.78. The van der Waals surface area contributed by atoms with Crippen molar-refractivity contribution in [3.8, 4) is 0 Å². The van der Waals surface area contributed by atoms with Gasteiger partial charge < -0.3 is 0 Å². The number of ether oxygens (including phenoxy) is 1. The fourth-order valence-corrected chi connectivity index (χ4v) is 6.34. The van der Waals surface area contributed by atoms with Crippen molar-refractivity contribution in [1.82, 2.24) is 0 Å². The van der Waals surface area contributed by atoms with Crippen LogP contribution in [0.1, 0.15) is 6.92 Å². The van der Waals surface area contributed by atoms with E-state index in [1.54, 1.807) is 12.9 Å². The van der Waals surface area contributed by atoms with Gasteiger partial charge in [-0.3, -0.25) is 0 Å². The van der Waals surface area contributed by atoms with Crippen molar-refractivity contribution in [2.24, 2.45) is 0 Å². The van der Waals surface area contributed by atoms with Crippen LogP contribution in [-0.4, -0.2) is 34.2 Å². The number of carbonyl (C=O) groups excluding carboxylic acids is 1. The van der Waals surface area contributed by atoms with Crippen LogP contribution >= 0.6 is 26.8 Å². The SMILES string of the molecule is COC(C)[C](=C=O)[Sn]([Cl])([Cl])[Cl]. The van der Waals surface area contributed by atoms with Gasteiger partial charge in [-0.05, 0) is 0 Å². The Kier molecular flexibility index (Phi) is 5.43. The van der Waals surface area contributed by atoms with Crippen LogP contribution < -0.4 is 0 Å². The monoisotopic (exact) mass is 324 g/mol.